The van der Waals surface area contributed by atoms with Crippen LogP contribution >= 0.6 is 0 Å². The van der Waals surface area contributed by atoms with Gasteiger partial charge in [0.2, 0.25) is 5.91 Å². The molecule has 28 heavy (non-hydrogen) atoms. The lowest BCUT2D eigenvalue weighted by Gasteiger charge is -2.46. The molecule has 1 amide bonds. The molecule has 0 bridgehead atoms. The van der Waals surface area contributed by atoms with Crippen molar-refractivity contribution in [3.05, 3.63) is 63.5 Å². The van der Waals surface area contributed by atoms with E-state index in [2.05, 4.69) is 27.3 Å². The quantitative estimate of drug-likeness (QED) is 0.517. The van der Waals surface area contributed by atoms with E-state index in [1.165, 1.54) is 24.2 Å². The summed E-state index contributed by atoms with van der Waals surface area (Å²) in [5.74, 6) is -0.255. The minimum absolute atomic E-state index is 0.00320. The fourth-order valence-corrected chi connectivity index (χ4v) is 4.26. The van der Waals surface area contributed by atoms with Gasteiger partial charge in [0.1, 0.15) is 0 Å². The molecule has 0 unspecified atom stereocenters. The van der Waals surface area contributed by atoms with E-state index in [0.29, 0.717) is 12.1 Å². The Morgan fingerprint density at radius 2 is 2.18 bits per heavy atom. The summed E-state index contributed by atoms with van der Waals surface area (Å²) in [5.41, 5.74) is 9.23. The zero-order valence-corrected chi connectivity index (χ0v) is 15.7. The van der Waals surface area contributed by atoms with E-state index >= 15 is 0 Å². The molecule has 2 heterocycles. The molecule has 1 atom stereocenters. The van der Waals surface area contributed by atoms with Gasteiger partial charge in [0.05, 0.1) is 23.0 Å². The lowest BCUT2D eigenvalue weighted by molar-refractivity contribution is -0.384. The summed E-state index contributed by atoms with van der Waals surface area (Å²) in [7, 11) is 0. The van der Waals surface area contributed by atoms with Gasteiger partial charge in [-0.2, -0.15) is 0 Å². The number of fused-ring (bicyclic) bond motifs is 2. The van der Waals surface area contributed by atoms with Crippen molar-refractivity contribution in [2.24, 2.45) is 5.73 Å². The molecule has 2 aliphatic rings. The summed E-state index contributed by atoms with van der Waals surface area (Å²) in [6.07, 6.45) is 3.83. The van der Waals surface area contributed by atoms with Gasteiger partial charge in [-0.25, -0.2) is 0 Å². The zero-order valence-electron chi connectivity index (χ0n) is 15.7. The first-order chi connectivity index (χ1) is 13.5. The van der Waals surface area contributed by atoms with Crippen molar-refractivity contribution >= 4 is 11.6 Å². The second-order valence-corrected chi connectivity index (χ2v) is 7.68. The average molecular weight is 383 g/mol. The van der Waals surface area contributed by atoms with Gasteiger partial charge in [-0.1, -0.05) is 12.1 Å². The Kier molecular flexibility index (Phi) is 4.91. The summed E-state index contributed by atoms with van der Waals surface area (Å²) in [6.45, 7) is 2.27. The number of nitro benzene ring substituents is 1. The molecule has 1 aliphatic carbocycles. The lowest BCUT2D eigenvalue weighted by Crippen LogP contribution is -2.53. The van der Waals surface area contributed by atoms with Gasteiger partial charge in [0, 0.05) is 36.6 Å². The van der Waals surface area contributed by atoms with Crippen LogP contribution in [0.15, 0.2) is 36.4 Å². The fraction of sp³-hybridized carbons (Fsp3) is 0.450. The zero-order chi connectivity index (χ0) is 19.7. The van der Waals surface area contributed by atoms with Crippen LogP contribution in [-0.2, 0) is 29.8 Å². The van der Waals surface area contributed by atoms with E-state index in [1.54, 1.807) is 12.1 Å². The average Bonchev–Trinajstić information content (AvgIpc) is 3.08. The number of nitro groups is 1. The highest BCUT2D eigenvalue weighted by molar-refractivity contribution is 5.81. The van der Waals surface area contributed by atoms with Crippen LogP contribution in [-0.4, -0.2) is 28.0 Å². The molecular weight excluding hydrogens is 358 g/mol. The Balaban J connectivity index is 1.37. The summed E-state index contributed by atoms with van der Waals surface area (Å²) in [5, 5.41) is 17.4. The minimum atomic E-state index is -0.752. The van der Waals surface area contributed by atoms with Crippen molar-refractivity contribution in [1.29, 1.82) is 0 Å². The van der Waals surface area contributed by atoms with Crippen LogP contribution in [0.25, 0.3) is 0 Å². The van der Waals surface area contributed by atoms with Crippen molar-refractivity contribution in [2.75, 3.05) is 6.54 Å². The minimum Gasteiger partial charge on any atom is -0.349 e. The van der Waals surface area contributed by atoms with E-state index in [9.17, 15) is 14.9 Å². The largest absolute Gasteiger partial charge is 0.349 e. The number of aromatic nitrogens is 1. The predicted octanol–water partition coefficient (Wildman–Crippen LogP) is 1.56. The molecule has 8 nitrogen and oxygen atoms in total. The van der Waals surface area contributed by atoms with Gasteiger partial charge in [-0.15, -0.1) is 0 Å². The van der Waals surface area contributed by atoms with Crippen LogP contribution in [0.4, 0.5) is 5.69 Å². The Morgan fingerprint density at radius 3 is 2.89 bits per heavy atom. The van der Waals surface area contributed by atoms with Crippen molar-refractivity contribution in [1.82, 2.24) is 15.2 Å². The third-order valence-corrected chi connectivity index (χ3v) is 5.92. The first-order valence-electron chi connectivity index (χ1n) is 9.69. The summed E-state index contributed by atoms with van der Waals surface area (Å²) in [6, 6.07) is 9.72. The third kappa shape index (κ3) is 3.41. The van der Waals surface area contributed by atoms with Crippen LogP contribution in [0, 0.1) is 10.1 Å². The van der Waals surface area contributed by atoms with Crippen LogP contribution in [0.3, 0.4) is 0 Å². The number of nitrogens with one attached hydrogen (secondary N) is 2. The van der Waals surface area contributed by atoms with E-state index < -0.39 is 11.0 Å². The molecule has 2 aromatic rings. The number of nitrogens with zero attached hydrogens (tertiary/aromatic N) is 2. The number of hydrogen-bond donors (Lipinski definition) is 3. The molecule has 1 aliphatic heterocycles. The molecule has 0 saturated heterocycles. The Morgan fingerprint density at radius 1 is 1.36 bits per heavy atom. The molecule has 1 aromatic carbocycles. The number of benzene rings is 1. The SMILES string of the molecule is N[C@@H](Cc1cccc([N+](=O)[O-])c1)C(=O)NCc1ccc2n1CCNC21CCC1. The molecule has 8 heteroatoms. The maximum absolute atomic E-state index is 12.4. The summed E-state index contributed by atoms with van der Waals surface area (Å²) in [4.78, 5) is 22.9. The number of rotatable bonds is 6. The number of hydrogen-bond acceptors (Lipinski definition) is 5. The van der Waals surface area contributed by atoms with Gasteiger partial charge in [0.25, 0.3) is 5.69 Å². The normalized spacial score (nSPS) is 18.2. The molecule has 1 aromatic heterocycles. The van der Waals surface area contributed by atoms with Crippen LogP contribution in [0.1, 0.15) is 36.2 Å². The fourth-order valence-electron chi connectivity index (χ4n) is 4.26. The number of carbonyl (C=O) groups is 1. The van der Waals surface area contributed by atoms with Crippen LogP contribution < -0.4 is 16.4 Å². The first-order valence-corrected chi connectivity index (χ1v) is 9.69. The van der Waals surface area contributed by atoms with E-state index in [0.717, 1.165) is 31.6 Å². The summed E-state index contributed by atoms with van der Waals surface area (Å²) < 4.78 is 2.31. The predicted molar refractivity (Wildman–Crippen MR) is 105 cm³/mol. The van der Waals surface area contributed by atoms with Gasteiger partial charge in [0.15, 0.2) is 0 Å². The summed E-state index contributed by atoms with van der Waals surface area (Å²) >= 11 is 0. The molecular formula is C20H25N5O3. The second kappa shape index (κ2) is 7.37. The van der Waals surface area contributed by atoms with E-state index in [1.807, 2.05) is 0 Å². The van der Waals surface area contributed by atoms with E-state index in [4.69, 9.17) is 5.73 Å². The van der Waals surface area contributed by atoms with Gasteiger partial charge in [-0.05, 0) is 43.4 Å². The maximum Gasteiger partial charge on any atom is 0.269 e. The Labute approximate surface area is 163 Å². The van der Waals surface area contributed by atoms with Crippen molar-refractivity contribution in [3.8, 4) is 0 Å². The van der Waals surface area contributed by atoms with Crippen LogP contribution in [0.2, 0.25) is 0 Å². The van der Waals surface area contributed by atoms with Gasteiger partial charge in [-0.3, -0.25) is 14.9 Å². The van der Waals surface area contributed by atoms with Crippen LogP contribution in [0.5, 0.6) is 0 Å². The number of nitrogens with two attached hydrogens (primary N) is 1. The topological polar surface area (TPSA) is 115 Å². The highest BCUT2D eigenvalue weighted by Crippen LogP contribution is 2.43. The molecule has 0 radical (unpaired) electrons. The monoisotopic (exact) mass is 383 g/mol. The van der Waals surface area contributed by atoms with Gasteiger partial charge >= 0.3 is 0 Å². The molecule has 1 spiro atoms. The highest BCUT2D eigenvalue weighted by Gasteiger charge is 2.42. The number of non-ortho nitro benzene ring substituents is 1. The van der Waals surface area contributed by atoms with Crippen molar-refractivity contribution < 1.29 is 9.72 Å². The third-order valence-electron chi connectivity index (χ3n) is 5.92. The van der Waals surface area contributed by atoms with Gasteiger partial charge < -0.3 is 20.9 Å². The highest BCUT2D eigenvalue weighted by atomic mass is 16.6. The number of amides is 1. The van der Waals surface area contributed by atoms with Crippen molar-refractivity contribution in [3.63, 3.8) is 0 Å². The number of carbonyl (C=O) groups excluding carboxylic acids is 1. The molecule has 148 valence electrons. The van der Waals surface area contributed by atoms with Crippen molar-refractivity contribution in [2.45, 2.75) is 50.4 Å². The van der Waals surface area contributed by atoms with E-state index in [-0.39, 0.29) is 23.6 Å². The lowest BCUT2D eigenvalue weighted by atomic mass is 9.73. The molecule has 4 rings (SSSR count). The molecule has 4 N–H and O–H groups in total. The second-order valence-electron chi connectivity index (χ2n) is 7.68. The maximum atomic E-state index is 12.4. The molecule has 1 fully saturated rings. The Bertz CT molecular complexity index is 903. The Hall–Kier alpha value is -2.71. The molecule has 1 saturated carbocycles. The first kappa shape index (κ1) is 18.6. The standard InChI is InChI=1S/C20H25N5O3/c21-17(12-14-3-1-4-15(11-14)25(27)28)19(26)22-13-16-5-6-18-20(7-2-8-20)23-9-10-24(16)18/h1,3-6,11,17,23H,2,7-10,12-13,21H2,(H,22,26)/t17-/m0/s1. The smallest absolute Gasteiger partial charge is 0.269 e.